The molecule has 1 atom stereocenters. The predicted octanol–water partition coefficient (Wildman–Crippen LogP) is 2.37. The maximum absolute atomic E-state index is 5.27. The van der Waals surface area contributed by atoms with Gasteiger partial charge in [-0.2, -0.15) is 0 Å². The summed E-state index contributed by atoms with van der Waals surface area (Å²) in [6.45, 7) is 13.3. The quantitative estimate of drug-likeness (QED) is 0.638. The molecular formula is C14H32N2O. The molecule has 1 N–H and O–H groups in total. The van der Waals surface area contributed by atoms with Gasteiger partial charge >= 0.3 is 0 Å². The molecule has 3 heteroatoms. The smallest absolute Gasteiger partial charge is 0.0615 e. The predicted molar refractivity (Wildman–Crippen MR) is 75.5 cm³/mol. The molecular weight excluding hydrogens is 212 g/mol. The van der Waals surface area contributed by atoms with Gasteiger partial charge in [0, 0.05) is 26.2 Å². The van der Waals surface area contributed by atoms with Gasteiger partial charge in [0.05, 0.1) is 6.61 Å². The van der Waals surface area contributed by atoms with Crippen LogP contribution in [0.15, 0.2) is 0 Å². The van der Waals surface area contributed by atoms with Crippen LogP contribution in [0.25, 0.3) is 0 Å². The van der Waals surface area contributed by atoms with E-state index in [0.29, 0.717) is 11.5 Å². The molecule has 0 saturated carbocycles. The third-order valence-electron chi connectivity index (χ3n) is 4.03. The molecule has 0 rings (SSSR count). The minimum atomic E-state index is 0.396. The van der Waals surface area contributed by atoms with E-state index >= 15 is 0 Å². The van der Waals surface area contributed by atoms with E-state index in [2.05, 4.69) is 45.0 Å². The standard InChI is InChI=1S/C14H32N2O/c1-7-14(8-2,11-15-5)12-16(9-3)13(4)10-17-6/h13,15H,7-12H2,1-6H3. The Balaban J connectivity index is 4.57. The van der Waals surface area contributed by atoms with E-state index in [-0.39, 0.29) is 0 Å². The van der Waals surface area contributed by atoms with Crippen LogP contribution in [0.4, 0.5) is 0 Å². The first-order valence-electron chi connectivity index (χ1n) is 6.96. The zero-order chi connectivity index (χ0) is 13.3. The van der Waals surface area contributed by atoms with Gasteiger partial charge in [-0.05, 0) is 38.8 Å². The molecule has 0 saturated heterocycles. The number of nitrogens with zero attached hydrogens (tertiary/aromatic N) is 1. The molecule has 0 heterocycles. The third kappa shape index (κ3) is 5.36. The molecule has 0 aromatic heterocycles. The summed E-state index contributed by atoms with van der Waals surface area (Å²) >= 11 is 0. The number of nitrogens with one attached hydrogen (secondary N) is 1. The van der Waals surface area contributed by atoms with Gasteiger partial charge in [-0.1, -0.05) is 20.8 Å². The molecule has 0 amide bonds. The van der Waals surface area contributed by atoms with Crippen LogP contribution in [0, 0.1) is 5.41 Å². The van der Waals surface area contributed by atoms with E-state index < -0.39 is 0 Å². The van der Waals surface area contributed by atoms with Crippen molar-refractivity contribution in [3.8, 4) is 0 Å². The Labute approximate surface area is 108 Å². The van der Waals surface area contributed by atoms with Gasteiger partial charge in [-0.25, -0.2) is 0 Å². The van der Waals surface area contributed by atoms with Crippen molar-refractivity contribution in [3.63, 3.8) is 0 Å². The molecule has 0 aromatic rings. The largest absolute Gasteiger partial charge is 0.383 e. The second-order valence-corrected chi connectivity index (χ2v) is 5.10. The fraction of sp³-hybridized carbons (Fsp3) is 1.00. The minimum Gasteiger partial charge on any atom is -0.383 e. The van der Waals surface area contributed by atoms with Crippen molar-refractivity contribution in [3.05, 3.63) is 0 Å². The molecule has 0 aliphatic rings. The van der Waals surface area contributed by atoms with Crippen molar-refractivity contribution >= 4 is 0 Å². The van der Waals surface area contributed by atoms with Crippen molar-refractivity contribution in [2.75, 3.05) is 40.4 Å². The van der Waals surface area contributed by atoms with E-state index in [0.717, 1.165) is 26.2 Å². The van der Waals surface area contributed by atoms with Gasteiger partial charge in [-0.3, -0.25) is 4.90 Å². The highest BCUT2D eigenvalue weighted by Gasteiger charge is 2.29. The fourth-order valence-corrected chi connectivity index (χ4v) is 2.51. The van der Waals surface area contributed by atoms with Crippen molar-refractivity contribution in [1.82, 2.24) is 10.2 Å². The molecule has 0 fully saturated rings. The summed E-state index contributed by atoms with van der Waals surface area (Å²) in [5, 5.41) is 3.35. The van der Waals surface area contributed by atoms with E-state index in [1.807, 2.05) is 0 Å². The summed E-state index contributed by atoms with van der Waals surface area (Å²) < 4.78 is 5.27. The minimum absolute atomic E-state index is 0.396. The van der Waals surface area contributed by atoms with Crippen LogP contribution in [0.1, 0.15) is 40.5 Å². The van der Waals surface area contributed by atoms with E-state index in [4.69, 9.17) is 4.74 Å². The Morgan fingerprint density at radius 1 is 1.24 bits per heavy atom. The molecule has 0 aliphatic heterocycles. The average Bonchev–Trinajstić information content (AvgIpc) is 2.35. The van der Waals surface area contributed by atoms with Crippen LogP contribution >= 0.6 is 0 Å². The van der Waals surface area contributed by atoms with Gasteiger partial charge in [0.1, 0.15) is 0 Å². The summed E-state index contributed by atoms with van der Waals surface area (Å²) in [4.78, 5) is 2.54. The normalized spacial score (nSPS) is 14.3. The summed E-state index contributed by atoms with van der Waals surface area (Å²) in [7, 11) is 3.83. The Morgan fingerprint density at radius 2 is 1.82 bits per heavy atom. The number of hydrogen-bond acceptors (Lipinski definition) is 3. The van der Waals surface area contributed by atoms with Gasteiger partial charge in [0.2, 0.25) is 0 Å². The van der Waals surface area contributed by atoms with Crippen LogP contribution in [0.5, 0.6) is 0 Å². The lowest BCUT2D eigenvalue weighted by molar-refractivity contribution is 0.0620. The summed E-state index contributed by atoms with van der Waals surface area (Å²) in [6.07, 6.45) is 2.45. The topological polar surface area (TPSA) is 24.5 Å². The molecule has 0 spiro atoms. The number of ether oxygens (including phenoxy) is 1. The van der Waals surface area contributed by atoms with Crippen LogP contribution in [-0.2, 0) is 4.74 Å². The monoisotopic (exact) mass is 244 g/mol. The van der Waals surface area contributed by atoms with Gasteiger partial charge < -0.3 is 10.1 Å². The first kappa shape index (κ1) is 16.9. The zero-order valence-corrected chi connectivity index (χ0v) is 12.7. The SMILES string of the molecule is CCN(CC(CC)(CC)CNC)C(C)COC. The molecule has 17 heavy (non-hydrogen) atoms. The Kier molecular flexibility index (Phi) is 8.83. The lowest BCUT2D eigenvalue weighted by atomic mass is 9.81. The van der Waals surface area contributed by atoms with Crippen molar-refractivity contribution in [2.24, 2.45) is 5.41 Å². The van der Waals surface area contributed by atoms with E-state index in [9.17, 15) is 0 Å². The maximum atomic E-state index is 5.27. The van der Waals surface area contributed by atoms with Gasteiger partial charge in [0.25, 0.3) is 0 Å². The summed E-state index contributed by atoms with van der Waals surface area (Å²) in [6, 6.07) is 0.499. The number of rotatable bonds is 10. The lowest BCUT2D eigenvalue weighted by Gasteiger charge is -2.39. The highest BCUT2D eigenvalue weighted by Crippen LogP contribution is 2.27. The molecule has 1 unspecified atom stereocenters. The molecule has 104 valence electrons. The summed E-state index contributed by atoms with van der Waals surface area (Å²) in [5.74, 6) is 0. The molecule has 0 aromatic carbocycles. The molecule has 0 bridgehead atoms. The van der Waals surface area contributed by atoms with Crippen molar-refractivity contribution in [1.29, 1.82) is 0 Å². The van der Waals surface area contributed by atoms with Crippen LogP contribution in [0.3, 0.4) is 0 Å². The number of likely N-dealkylation sites (N-methyl/N-ethyl adjacent to an activating group) is 1. The first-order chi connectivity index (χ1) is 8.09. The Bertz CT molecular complexity index is 181. The average molecular weight is 244 g/mol. The van der Waals surface area contributed by atoms with E-state index in [1.54, 1.807) is 7.11 Å². The summed E-state index contributed by atoms with van der Waals surface area (Å²) in [5.41, 5.74) is 0.396. The maximum Gasteiger partial charge on any atom is 0.0615 e. The number of hydrogen-bond donors (Lipinski definition) is 1. The van der Waals surface area contributed by atoms with Crippen molar-refractivity contribution in [2.45, 2.75) is 46.6 Å². The van der Waals surface area contributed by atoms with Crippen LogP contribution < -0.4 is 5.32 Å². The zero-order valence-electron chi connectivity index (χ0n) is 12.7. The van der Waals surface area contributed by atoms with Crippen LogP contribution in [0.2, 0.25) is 0 Å². The number of methoxy groups -OCH3 is 1. The van der Waals surface area contributed by atoms with Crippen LogP contribution in [-0.4, -0.2) is 51.3 Å². The van der Waals surface area contributed by atoms with E-state index in [1.165, 1.54) is 12.8 Å². The molecule has 0 radical (unpaired) electrons. The van der Waals surface area contributed by atoms with Gasteiger partial charge in [-0.15, -0.1) is 0 Å². The molecule has 0 aliphatic carbocycles. The first-order valence-corrected chi connectivity index (χ1v) is 6.96. The second-order valence-electron chi connectivity index (χ2n) is 5.10. The second kappa shape index (κ2) is 8.90. The van der Waals surface area contributed by atoms with Crippen molar-refractivity contribution < 1.29 is 4.74 Å². The Morgan fingerprint density at radius 3 is 2.18 bits per heavy atom. The van der Waals surface area contributed by atoms with Gasteiger partial charge in [0.15, 0.2) is 0 Å². The Hall–Kier alpha value is -0.120. The highest BCUT2D eigenvalue weighted by atomic mass is 16.5. The fourth-order valence-electron chi connectivity index (χ4n) is 2.51. The third-order valence-corrected chi connectivity index (χ3v) is 4.03. The lowest BCUT2D eigenvalue weighted by Crippen LogP contribution is -2.47. The highest BCUT2D eigenvalue weighted by molar-refractivity contribution is 4.84. The molecule has 3 nitrogen and oxygen atoms in total.